The number of carbonyl (C=O) groups is 1. The fourth-order valence-electron chi connectivity index (χ4n) is 2.62. The van der Waals surface area contributed by atoms with E-state index in [1.54, 1.807) is 0 Å². The van der Waals surface area contributed by atoms with E-state index in [0.29, 0.717) is 10.6 Å². The molecule has 0 saturated carbocycles. The van der Waals surface area contributed by atoms with Gasteiger partial charge in [0.2, 0.25) is 5.91 Å². The maximum absolute atomic E-state index is 13.7. The van der Waals surface area contributed by atoms with Crippen LogP contribution in [0.3, 0.4) is 0 Å². The van der Waals surface area contributed by atoms with Crippen LogP contribution in [0.25, 0.3) is 11.0 Å². The summed E-state index contributed by atoms with van der Waals surface area (Å²) < 4.78 is 33.5. The number of aromatic nitrogens is 3. The number of nitrogens with zero attached hydrogens (tertiary/aromatic N) is 3. The Hall–Kier alpha value is -3.56. The molecule has 1 aromatic carbocycles. The van der Waals surface area contributed by atoms with Crippen molar-refractivity contribution in [3.8, 4) is 5.75 Å². The molecule has 140 valence electrons. The van der Waals surface area contributed by atoms with Crippen molar-refractivity contribution in [2.24, 2.45) is 7.05 Å². The van der Waals surface area contributed by atoms with E-state index in [1.165, 1.54) is 26.4 Å². The molecular formula is C17H14F2N4O4. The predicted octanol–water partition coefficient (Wildman–Crippen LogP) is 1.02. The van der Waals surface area contributed by atoms with Crippen LogP contribution in [0.4, 0.5) is 14.5 Å². The fourth-order valence-corrected chi connectivity index (χ4v) is 2.62. The number of ether oxygens (including phenoxy) is 1. The molecule has 0 aliphatic heterocycles. The van der Waals surface area contributed by atoms with Crippen LogP contribution >= 0.6 is 0 Å². The van der Waals surface area contributed by atoms with Gasteiger partial charge in [-0.15, -0.1) is 0 Å². The molecule has 0 saturated heterocycles. The molecule has 2 heterocycles. The lowest BCUT2D eigenvalue weighted by Gasteiger charge is -2.12. The predicted molar refractivity (Wildman–Crippen MR) is 92.8 cm³/mol. The van der Waals surface area contributed by atoms with Crippen LogP contribution in [0.15, 0.2) is 40.1 Å². The van der Waals surface area contributed by atoms with Crippen molar-refractivity contribution >= 4 is 22.6 Å². The number of benzene rings is 1. The van der Waals surface area contributed by atoms with Gasteiger partial charge >= 0.3 is 5.69 Å². The molecule has 0 unspecified atom stereocenters. The van der Waals surface area contributed by atoms with Crippen LogP contribution in [-0.2, 0) is 18.4 Å². The SMILES string of the molecule is COc1ccnc2c1c(=O)n(CC(=O)Nc1ccc(F)cc1F)c(=O)n2C. The first-order valence-corrected chi connectivity index (χ1v) is 7.71. The highest BCUT2D eigenvalue weighted by Crippen LogP contribution is 2.18. The molecule has 0 bridgehead atoms. The minimum Gasteiger partial charge on any atom is -0.496 e. The normalized spacial score (nSPS) is 10.8. The van der Waals surface area contributed by atoms with Crippen LogP contribution in [0, 0.1) is 11.6 Å². The number of aryl methyl sites for hydroxylation is 1. The molecule has 0 radical (unpaired) electrons. The second-order valence-corrected chi connectivity index (χ2v) is 5.62. The number of anilines is 1. The van der Waals surface area contributed by atoms with Gasteiger partial charge in [0.25, 0.3) is 5.56 Å². The second kappa shape index (κ2) is 6.98. The van der Waals surface area contributed by atoms with Crippen molar-refractivity contribution in [1.29, 1.82) is 0 Å². The van der Waals surface area contributed by atoms with Gasteiger partial charge in [0.05, 0.1) is 12.8 Å². The van der Waals surface area contributed by atoms with E-state index in [-0.39, 0.29) is 22.5 Å². The van der Waals surface area contributed by atoms with Gasteiger partial charge in [-0.1, -0.05) is 0 Å². The zero-order valence-electron chi connectivity index (χ0n) is 14.3. The summed E-state index contributed by atoms with van der Waals surface area (Å²) in [6.07, 6.45) is 1.38. The summed E-state index contributed by atoms with van der Waals surface area (Å²) in [5.41, 5.74) is -1.72. The lowest BCUT2D eigenvalue weighted by Crippen LogP contribution is -2.42. The zero-order chi connectivity index (χ0) is 19.7. The molecule has 2 aromatic heterocycles. The molecule has 1 amide bonds. The van der Waals surface area contributed by atoms with E-state index in [9.17, 15) is 23.2 Å². The second-order valence-electron chi connectivity index (χ2n) is 5.62. The van der Waals surface area contributed by atoms with Crippen LogP contribution in [0.1, 0.15) is 0 Å². The number of halogens is 2. The summed E-state index contributed by atoms with van der Waals surface area (Å²) in [4.78, 5) is 41.4. The Labute approximate surface area is 150 Å². The molecule has 0 fully saturated rings. The summed E-state index contributed by atoms with van der Waals surface area (Å²) in [7, 11) is 2.75. The van der Waals surface area contributed by atoms with E-state index in [0.717, 1.165) is 16.7 Å². The summed E-state index contributed by atoms with van der Waals surface area (Å²) in [5.74, 6) is -2.42. The molecule has 10 heteroatoms. The van der Waals surface area contributed by atoms with Crippen molar-refractivity contribution in [2.75, 3.05) is 12.4 Å². The van der Waals surface area contributed by atoms with Crippen molar-refractivity contribution in [2.45, 2.75) is 6.54 Å². The Kier molecular flexibility index (Phi) is 4.72. The molecule has 0 spiro atoms. The summed E-state index contributed by atoms with van der Waals surface area (Å²) in [6.45, 7) is -0.670. The van der Waals surface area contributed by atoms with E-state index in [2.05, 4.69) is 10.3 Å². The lowest BCUT2D eigenvalue weighted by atomic mass is 10.3. The average molecular weight is 376 g/mol. The minimum atomic E-state index is -0.979. The topological polar surface area (TPSA) is 95.2 Å². The molecule has 0 atom stereocenters. The standard InChI is InChI=1S/C17H14F2N4O4/c1-22-15-14(12(27-2)5-6-20-15)16(25)23(17(22)26)8-13(24)21-11-4-3-9(18)7-10(11)19/h3-7H,8H2,1-2H3,(H,21,24). The number of methoxy groups -OCH3 is 1. The number of carbonyl (C=O) groups excluding carboxylic acids is 1. The van der Waals surface area contributed by atoms with E-state index in [4.69, 9.17) is 4.74 Å². The third kappa shape index (κ3) is 3.28. The van der Waals surface area contributed by atoms with Crippen LogP contribution in [0.5, 0.6) is 5.75 Å². The number of hydrogen-bond donors (Lipinski definition) is 1. The Balaban J connectivity index is 2.03. The van der Waals surface area contributed by atoms with Crippen molar-refractivity contribution in [1.82, 2.24) is 14.1 Å². The van der Waals surface area contributed by atoms with Crippen molar-refractivity contribution in [3.05, 3.63) is 62.9 Å². The molecular weight excluding hydrogens is 362 g/mol. The van der Waals surface area contributed by atoms with Gasteiger partial charge in [-0.05, 0) is 18.2 Å². The highest BCUT2D eigenvalue weighted by atomic mass is 19.1. The zero-order valence-corrected chi connectivity index (χ0v) is 14.3. The Morgan fingerprint density at radius 1 is 1.26 bits per heavy atom. The highest BCUT2D eigenvalue weighted by Gasteiger charge is 2.18. The molecule has 3 rings (SSSR count). The first-order valence-electron chi connectivity index (χ1n) is 7.71. The van der Waals surface area contributed by atoms with E-state index in [1.807, 2.05) is 0 Å². The van der Waals surface area contributed by atoms with Gasteiger partial charge in [0.15, 0.2) is 5.65 Å². The first kappa shape index (κ1) is 18.2. The van der Waals surface area contributed by atoms with Crippen molar-refractivity contribution < 1.29 is 18.3 Å². The number of fused-ring (bicyclic) bond motifs is 1. The average Bonchev–Trinajstić information content (AvgIpc) is 2.65. The Bertz CT molecular complexity index is 1170. The van der Waals surface area contributed by atoms with Gasteiger partial charge in [-0.2, -0.15) is 0 Å². The third-order valence-electron chi connectivity index (χ3n) is 3.91. The smallest absolute Gasteiger partial charge is 0.332 e. The fraction of sp³-hybridized carbons (Fsp3) is 0.176. The lowest BCUT2D eigenvalue weighted by molar-refractivity contribution is -0.116. The summed E-state index contributed by atoms with van der Waals surface area (Å²) in [5, 5.41) is 2.23. The van der Waals surface area contributed by atoms with E-state index >= 15 is 0 Å². The summed E-state index contributed by atoms with van der Waals surface area (Å²) >= 11 is 0. The number of hydrogen-bond acceptors (Lipinski definition) is 5. The molecule has 27 heavy (non-hydrogen) atoms. The number of pyridine rings is 1. The number of rotatable bonds is 4. The first-order chi connectivity index (χ1) is 12.8. The number of nitrogens with one attached hydrogen (secondary N) is 1. The molecule has 0 aliphatic carbocycles. The van der Waals surface area contributed by atoms with Gasteiger partial charge in [0.1, 0.15) is 29.3 Å². The van der Waals surface area contributed by atoms with Crippen LogP contribution < -0.4 is 21.3 Å². The highest BCUT2D eigenvalue weighted by molar-refractivity contribution is 5.91. The molecule has 3 aromatic rings. The quantitative estimate of drug-likeness (QED) is 0.734. The van der Waals surface area contributed by atoms with Gasteiger partial charge in [-0.25, -0.2) is 23.1 Å². The monoisotopic (exact) mass is 376 g/mol. The van der Waals surface area contributed by atoms with Gasteiger partial charge < -0.3 is 10.1 Å². The van der Waals surface area contributed by atoms with E-state index < -0.39 is 35.3 Å². The minimum absolute atomic E-state index is 0.0304. The molecule has 8 nitrogen and oxygen atoms in total. The third-order valence-corrected chi connectivity index (χ3v) is 3.91. The maximum atomic E-state index is 13.7. The van der Waals surface area contributed by atoms with Crippen molar-refractivity contribution in [3.63, 3.8) is 0 Å². The maximum Gasteiger partial charge on any atom is 0.332 e. The van der Waals surface area contributed by atoms with Crippen LogP contribution in [-0.4, -0.2) is 27.1 Å². The molecule has 0 aliphatic rings. The van der Waals surface area contributed by atoms with Gasteiger partial charge in [-0.3, -0.25) is 14.2 Å². The summed E-state index contributed by atoms with van der Waals surface area (Å²) in [6, 6.07) is 4.06. The van der Waals surface area contributed by atoms with Crippen LogP contribution in [0.2, 0.25) is 0 Å². The molecule has 1 N–H and O–H groups in total. The number of amides is 1. The Morgan fingerprint density at radius 3 is 2.67 bits per heavy atom. The largest absolute Gasteiger partial charge is 0.496 e. The van der Waals surface area contributed by atoms with Gasteiger partial charge in [0, 0.05) is 19.3 Å². The Morgan fingerprint density at radius 2 is 2.00 bits per heavy atom.